The Morgan fingerprint density at radius 3 is 2.19 bits per heavy atom. The zero-order valence-electron chi connectivity index (χ0n) is 16.0. The summed E-state index contributed by atoms with van der Waals surface area (Å²) in [5.41, 5.74) is 4.30. The van der Waals surface area contributed by atoms with Gasteiger partial charge in [0.2, 0.25) is 11.7 Å². The molecule has 27 heavy (non-hydrogen) atoms. The maximum atomic E-state index is 11.3. The maximum Gasteiger partial charge on any atom is 0.221 e. The number of fused-ring (bicyclic) bond motifs is 1. The standard InChI is InChI=1S/C21H22N2O4/c1-12-8-18(14-9-19(25-3)21(27-5)20(10-14)26-4)23-17-7-6-15(11-16(12)17)22-13(2)24/h6-11H,1-5H3,(H,22,24). The molecule has 0 fully saturated rings. The molecule has 0 aliphatic heterocycles. The van der Waals surface area contributed by atoms with Gasteiger partial charge in [-0.1, -0.05) is 0 Å². The number of amides is 1. The normalized spacial score (nSPS) is 10.6. The summed E-state index contributed by atoms with van der Waals surface area (Å²) in [5, 5.41) is 3.78. The zero-order chi connectivity index (χ0) is 19.6. The van der Waals surface area contributed by atoms with Crippen molar-refractivity contribution in [3.63, 3.8) is 0 Å². The van der Waals surface area contributed by atoms with Crippen LogP contribution in [0.4, 0.5) is 5.69 Å². The Morgan fingerprint density at radius 1 is 0.963 bits per heavy atom. The molecule has 0 atom stereocenters. The van der Waals surface area contributed by atoms with Crippen LogP contribution in [0.15, 0.2) is 36.4 Å². The van der Waals surface area contributed by atoms with Crippen molar-refractivity contribution >= 4 is 22.5 Å². The lowest BCUT2D eigenvalue weighted by atomic mass is 10.0. The number of benzene rings is 2. The molecule has 0 radical (unpaired) electrons. The van der Waals surface area contributed by atoms with E-state index in [1.807, 2.05) is 43.3 Å². The van der Waals surface area contributed by atoms with E-state index in [0.29, 0.717) is 17.2 Å². The number of hydrogen-bond acceptors (Lipinski definition) is 5. The summed E-state index contributed by atoms with van der Waals surface area (Å²) < 4.78 is 16.3. The highest BCUT2D eigenvalue weighted by atomic mass is 16.5. The Balaban J connectivity index is 2.13. The third-order valence-corrected chi connectivity index (χ3v) is 4.30. The molecule has 0 aliphatic carbocycles. The highest BCUT2D eigenvalue weighted by molar-refractivity contribution is 5.94. The minimum atomic E-state index is -0.103. The van der Waals surface area contributed by atoms with Gasteiger partial charge in [-0.25, -0.2) is 4.98 Å². The minimum absolute atomic E-state index is 0.103. The van der Waals surface area contributed by atoms with Gasteiger partial charge in [-0.15, -0.1) is 0 Å². The van der Waals surface area contributed by atoms with Crippen LogP contribution in [-0.2, 0) is 4.79 Å². The van der Waals surface area contributed by atoms with Crippen molar-refractivity contribution in [1.29, 1.82) is 0 Å². The number of aryl methyl sites for hydroxylation is 1. The predicted octanol–water partition coefficient (Wildman–Crippen LogP) is 4.19. The third kappa shape index (κ3) is 3.65. The van der Waals surface area contributed by atoms with Gasteiger partial charge in [0.05, 0.1) is 32.5 Å². The van der Waals surface area contributed by atoms with Crippen LogP contribution in [0.1, 0.15) is 12.5 Å². The highest BCUT2D eigenvalue weighted by Crippen LogP contribution is 2.41. The summed E-state index contributed by atoms with van der Waals surface area (Å²) in [6.45, 7) is 3.51. The van der Waals surface area contributed by atoms with E-state index in [2.05, 4.69) is 5.32 Å². The van der Waals surface area contributed by atoms with E-state index in [0.717, 1.165) is 33.4 Å². The summed E-state index contributed by atoms with van der Waals surface area (Å²) >= 11 is 0. The Morgan fingerprint density at radius 2 is 1.63 bits per heavy atom. The molecule has 140 valence electrons. The van der Waals surface area contributed by atoms with E-state index in [1.165, 1.54) is 6.92 Å². The zero-order valence-corrected chi connectivity index (χ0v) is 16.0. The van der Waals surface area contributed by atoms with Crippen LogP contribution in [0.25, 0.3) is 22.2 Å². The molecule has 6 nitrogen and oxygen atoms in total. The summed E-state index contributed by atoms with van der Waals surface area (Å²) in [4.78, 5) is 16.1. The first-order valence-electron chi connectivity index (χ1n) is 8.46. The molecule has 0 aliphatic rings. The summed E-state index contributed by atoms with van der Waals surface area (Å²) in [5.74, 6) is 1.59. The van der Waals surface area contributed by atoms with Crippen molar-refractivity contribution in [2.24, 2.45) is 0 Å². The van der Waals surface area contributed by atoms with Crippen LogP contribution < -0.4 is 19.5 Å². The summed E-state index contributed by atoms with van der Waals surface area (Å²) in [6, 6.07) is 11.4. The Kier molecular flexibility index (Phi) is 5.16. The number of carbonyl (C=O) groups excluding carboxylic acids is 1. The van der Waals surface area contributed by atoms with Gasteiger partial charge >= 0.3 is 0 Å². The Hall–Kier alpha value is -3.28. The van der Waals surface area contributed by atoms with E-state index < -0.39 is 0 Å². The van der Waals surface area contributed by atoms with Crippen molar-refractivity contribution in [1.82, 2.24) is 4.98 Å². The average molecular weight is 366 g/mol. The summed E-state index contributed by atoms with van der Waals surface area (Å²) in [7, 11) is 4.75. The molecule has 3 aromatic rings. The van der Waals surface area contributed by atoms with E-state index in [4.69, 9.17) is 19.2 Å². The Bertz CT molecular complexity index is 989. The van der Waals surface area contributed by atoms with Crippen LogP contribution in [0.5, 0.6) is 17.2 Å². The summed E-state index contributed by atoms with van der Waals surface area (Å²) in [6.07, 6.45) is 0. The van der Waals surface area contributed by atoms with E-state index in [1.54, 1.807) is 21.3 Å². The number of rotatable bonds is 5. The number of hydrogen-bond donors (Lipinski definition) is 1. The Labute approximate surface area is 158 Å². The first-order valence-corrected chi connectivity index (χ1v) is 8.46. The third-order valence-electron chi connectivity index (χ3n) is 4.30. The van der Waals surface area contributed by atoms with Gasteiger partial charge in [0.25, 0.3) is 0 Å². The first-order chi connectivity index (χ1) is 13.0. The minimum Gasteiger partial charge on any atom is -0.493 e. The fourth-order valence-corrected chi connectivity index (χ4v) is 3.05. The molecule has 0 saturated heterocycles. The number of pyridine rings is 1. The fraction of sp³-hybridized carbons (Fsp3) is 0.238. The van der Waals surface area contributed by atoms with Crippen molar-refractivity contribution in [2.45, 2.75) is 13.8 Å². The van der Waals surface area contributed by atoms with Crippen molar-refractivity contribution in [2.75, 3.05) is 26.6 Å². The fourth-order valence-electron chi connectivity index (χ4n) is 3.05. The van der Waals surface area contributed by atoms with Crippen LogP contribution in [-0.4, -0.2) is 32.2 Å². The number of nitrogens with zero attached hydrogens (tertiary/aromatic N) is 1. The van der Waals surface area contributed by atoms with Crippen molar-refractivity contribution in [3.05, 3.63) is 42.0 Å². The molecular weight excluding hydrogens is 344 g/mol. The number of nitrogens with one attached hydrogen (secondary N) is 1. The number of aromatic nitrogens is 1. The number of carbonyl (C=O) groups is 1. The molecule has 0 saturated carbocycles. The average Bonchev–Trinajstić information content (AvgIpc) is 2.66. The molecule has 0 spiro atoms. The lowest BCUT2D eigenvalue weighted by Crippen LogP contribution is -2.05. The maximum absolute atomic E-state index is 11.3. The van der Waals surface area contributed by atoms with Crippen molar-refractivity contribution in [3.8, 4) is 28.5 Å². The largest absolute Gasteiger partial charge is 0.493 e. The van der Waals surface area contributed by atoms with E-state index in [-0.39, 0.29) is 5.91 Å². The topological polar surface area (TPSA) is 69.7 Å². The monoisotopic (exact) mass is 366 g/mol. The van der Waals surface area contributed by atoms with Gasteiger partial charge in [-0.2, -0.15) is 0 Å². The molecule has 2 aromatic carbocycles. The number of ether oxygens (including phenoxy) is 3. The van der Waals surface area contributed by atoms with Crippen LogP contribution in [0.2, 0.25) is 0 Å². The molecule has 0 unspecified atom stereocenters. The lowest BCUT2D eigenvalue weighted by molar-refractivity contribution is -0.114. The molecule has 1 N–H and O–H groups in total. The predicted molar refractivity (Wildman–Crippen MR) is 106 cm³/mol. The van der Waals surface area contributed by atoms with Crippen molar-refractivity contribution < 1.29 is 19.0 Å². The van der Waals surface area contributed by atoms with Gasteiger partial charge in [0, 0.05) is 23.6 Å². The molecule has 1 amide bonds. The van der Waals surface area contributed by atoms with E-state index in [9.17, 15) is 4.79 Å². The first kappa shape index (κ1) is 18.5. The van der Waals surface area contributed by atoms with Crippen LogP contribution in [0.3, 0.4) is 0 Å². The van der Waals surface area contributed by atoms with Crippen LogP contribution in [0, 0.1) is 6.92 Å². The molecule has 0 bridgehead atoms. The van der Waals surface area contributed by atoms with E-state index >= 15 is 0 Å². The molecular formula is C21H22N2O4. The molecule has 3 rings (SSSR count). The second-order valence-corrected chi connectivity index (χ2v) is 6.15. The molecule has 1 heterocycles. The van der Waals surface area contributed by atoms with Gasteiger partial charge in [-0.3, -0.25) is 4.79 Å². The molecule has 1 aromatic heterocycles. The molecule has 6 heteroatoms. The van der Waals surface area contributed by atoms with Crippen LogP contribution >= 0.6 is 0 Å². The van der Waals surface area contributed by atoms with Gasteiger partial charge in [0.1, 0.15) is 0 Å². The van der Waals surface area contributed by atoms with Gasteiger partial charge in [-0.05, 0) is 48.9 Å². The second-order valence-electron chi connectivity index (χ2n) is 6.15. The number of methoxy groups -OCH3 is 3. The SMILES string of the molecule is COc1cc(-c2cc(C)c3cc(NC(C)=O)ccc3n2)cc(OC)c1OC. The quantitative estimate of drug-likeness (QED) is 0.733. The number of anilines is 1. The highest BCUT2D eigenvalue weighted by Gasteiger charge is 2.15. The van der Waals surface area contributed by atoms with Gasteiger partial charge in [0.15, 0.2) is 11.5 Å². The lowest BCUT2D eigenvalue weighted by Gasteiger charge is -2.15. The smallest absolute Gasteiger partial charge is 0.221 e. The van der Waals surface area contributed by atoms with Gasteiger partial charge < -0.3 is 19.5 Å². The second kappa shape index (κ2) is 7.53.